The molecule has 0 saturated carbocycles. The van der Waals surface area contributed by atoms with Gasteiger partial charge in [-0.2, -0.15) is 0 Å². The van der Waals surface area contributed by atoms with Gasteiger partial charge >= 0.3 is 0 Å². The average molecular weight is 189 g/mol. The van der Waals surface area contributed by atoms with Crippen LogP contribution in [0, 0.1) is 0 Å². The lowest BCUT2D eigenvalue weighted by Crippen LogP contribution is -2.37. The van der Waals surface area contributed by atoms with Crippen LogP contribution in [0.4, 0.5) is 0 Å². The Morgan fingerprint density at radius 3 is 2.50 bits per heavy atom. The van der Waals surface area contributed by atoms with Gasteiger partial charge in [-0.25, -0.2) is 0 Å². The molecular formula is C13H19N. The Labute approximate surface area is 86.7 Å². The third kappa shape index (κ3) is 1.98. The van der Waals surface area contributed by atoms with Crippen molar-refractivity contribution >= 4 is 0 Å². The first-order valence-electron chi connectivity index (χ1n) is 5.47. The zero-order chi connectivity index (χ0) is 10.0. The van der Waals surface area contributed by atoms with Gasteiger partial charge in [-0.3, -0.25) is 4.90 Å². The van der Waals surface area contributed by atoms with E-state index < -0.39 is 0 Å². The summed E-state index contributed by atoms with van der Waals surface area (Å²) in [5.41, 5.74) is 1.83. The van der Waals surface area contributed by atoms with Gasteiger partial charge in [0, 0.05) is 12.1 Å². The van der Waals surface area contributed by atoms with E-state index in [9.17, 15) is 0 Å². The van der Waals surface area contributed by atoms with Crippen molar-refractivity contribution < 1.29 is 0 Å². The molecule has 2 rings (SSSR count). The summed E-state index contributed by atoms with van der Waals surface area (Å²) in [4.78, 5) is 2.59. The fourth-order valence-corrected chi connectivity index (χ4v) is 2.26. The van der Waals surface area contributed by atoms with Crippen LogP contribution in [0.2, 0.25) is 0 Å². The SMILES string of the molecule is CC1(C)CCCN1Cc1ccccc1. The van der Waals surface area contributed by atoms with Crippen molar-refractivity contribution in [3.05, 3.63) is 35.9 Å². The van der Waals surface area contributed by atoms with Crippen LogP contribution in [-0.4, -0.2) is 17.0 Å². The first-order chi connectivity index (χ1) is 6.68. The van der Waals surface area contributed by atoms with Crippen molar-refractivity contribution in [1.29, 1.82) is 0 Å². The number of likely N-dealkylation sites (tertiary alicyclic amines) is 1. The molecule has 0 N–H and O–H groups in total. The van der Waals surface area contributed by atoms with Gasteiger partial charge in [-0.1, -0.05) is 30.3 Å². The molecule has 76 valence electrons. The van der Waals surface area contributed by atoms with Crippen molar-refractivity contribution in [2.24, 2.45) is 0 Å². The van der Waals surface area contributed by atoms with Gasteiger partial charge in [0.2, 0.25) is 0 Å². The predicted octanol–water partition coefficient (Wildman–Crippen LogP) is 3.06. The first-order valence-corrected chi connectivity index (χ1v) is 5.47. The van der Waals surface area contributed by atoms with E-state index in [1.807, 2.05) is 0 Å². The lowest BCUT2D eigenvalue weighted by molar-refractivity contribution is 0.166. The molecule has 14 heavy (non-hydrogen) atoms. The average Bonchev–Trinajstić information content (AvgIpc) is 2.48. The summed E-state index contributed by atoms with van der Waals surface area (Å²) in [6.07, 6.45) is 2.68. The lowest BCUT2D eigenvalue weighted by atomic mass is 10.0. The van der Waals surface area contributed by atoms with E-state index in [0.717, 1.165) is 6.54 Å². The molecule has 0 amide bonds. The van der Waals surface area contributed by atoms with Crippen molar-refractivity contribution in [3.8, 4) is 0 Å². The maximum atomic E-state index is 2.59. The molecule has 0 unspecified atom stereocenters. The van der Waals surface area contributed by atoms with E-state index in [0.29, 0.717) is 5.54 Å². The van der Waals surface area contributed by atoms with Crippen LogP contribution in [0.3, 0.4) is 0 Å². The summed E-state index contributed by atoms with van der Waals surface area (Å²) in [6, 6.07) is 10.8. The van der Waals surface area contributed by atoms with E-state index in [2.05, 4.69) is 49.1 Å². The predicted molar refractivity (Wildman–Crippen MR) is 60.2 cm³/mol. The summed E-state index contributed by atoms with van der Waals surface area (Å²) in [7, 11) is 0. The van der Waals surface area contributed by atoms with Gasteiger partial charge in [-0.15, -0.1) is 0 Å². The Bertz CT molecular complexity index is 289. The van der Waals surface area contributed by atoms with E-state index in [4.69, 9.17) is 0 Å². The van der Waals surface area contributed by atoms with Crippen LogP contribution in [0.1, 0.15) is 32.3 Å². The zero-order valence-corrected chi connectivity index (χ0v) is 9.16. The summed E-state index contributed by atoms with van der Waals surface area (Å²) < 4.78 is 0. The highest BCUT2D eigenvalue weighted by molar-refractivity contribution is 5.15. The minimum Gasteiger partial charge on any atom is -0.294 e. The molecular weight excluding hydrogens is 170 g/mol. The van der Waals surface area contributed by atoms with Gasteiger partial charge in [-0.05, 0) is 38.8 Å². The topological polar surface area (TPSA) is 3.24 Å². The van der Waals surface area contributed by atoms with E-state index in [1.165, 1.54) is 24.9 Å². The number of benzene rings is 1. The van der Waals surface area contributed by atoms with Gasteiger partial charge in [0.25, 0.3) is 0 Å². The molecule has 1 fully saturated rings. The monoisotopic (exact) mass is 189 g/mol. The van der Waals surface area contributed by atoms with Gasteiger partial charge in [0.1, 0.15) is 0 Å². The highest BCUT2D eigenvalue weighted by Gasteiger charge is 2.31. The molecule has 1 aliphatic heterocycles. The van der Waals surface area contributed by atoms with Crippen LogP contribution in [0.25, 0.3) is 0 Å². The second kappa shape index (κ2) is 3.74. The molecule has 1 aromatic carbocycles. The number of rotatable bonds is 2. The fourth-order valence-electron chi connectivity index (χ4n) is 2.26. The quantitative estimate of drug-likeness (QED) is 0.691. The molecule has 0 radical (unpaired) electrons. The molecule has 1 heteroatoms. The molecule has 1 nitrogen and oxygen atoms in total. The van der Waals surface area contributed by atoms with Crippen molar-refractivity contribution in [2.75, 3.05) is 6.54 Å². The molecule has 0 bridgehead atoms. The molecule has 1 heterocycles. The number of hydrogen-bond acceptors (Lipinski definition) is 1. The summed E-state index contributed by atoms with van der Waals surface area (Å²) in [6.45, 7) is 7.06. The minimum absolute atomic E-state index is 0.399. The third-order valence-corrected chi connectivity index (χ3v) is 3.29. The Morgan fingerprint density at radius 2 is 1.93 bits per heavy atom. The van der Waals surface area contributed by atoms with Gasteiger partial charge in [0.15, 0.2) is 0 Å². The maximum absolute atomic E-state index is 2.59. The van der Waals surface area contributed by atoms with Crippen molar-refractivity contribution in [1.82, 2.24) is 4.90 Å². The highest BCUT2D eigenvalue weighted by Crippen LogP contribution is 2.29. The van der Waals surface area contributed by atoms with E-state index in [-0.39, 0.29) is 0 Å². The normalized spacial score (nSPS) is 21.3. The summed E-state index contributed by atoms with van der Waals surface area (Å²) >= 11 is 0. The molecule has 0 aliphatic carbocycles. The summed E-state index contributed by atoms with van der Waals surface area (Å²) in [5.74, 6) is 0. The third-order valence-electron chi connectivity index (χ3n) is 3.29. The Kier molecular flexibility index (Phi) is 2.60. The van der Waals surface area contributed by atoms with Crippen LogP contribution in [-0.2, 0) is 6.54 Å². The van der Waals surface area contributed by atoms with Crippen LogP contribution in [0.5, 0.6) is 0 Å². The fraction of sp³-hybridized carbons (Fsp3) is 0.538. The molecule has 0 atom stereocenters. The van der Waals surface area contributed by atoms with Crippen LogP contribution in [0.15, 0.2) is 30.3 Å². The van der Waals surface area contributed by atoms with Gasteiger partial charge in [0.05, 0.1) is 0 Å². The largest absolute Gasteiger partial charge is 0.294 e. The molecule has 0 spiro atoms. The second-order valence-electron chi connectivity index (χ2n) is 4.82. The van der Waals surface area contributed by atoms with E-state index in [1.54, 1.807) is 0 Å². The van der Waals surface area contributed by atoms with Crippen LogP contribution < -0.4 is 0 Å². The van der Waals surface area contributed by atoms with Gasteiger partial charge < -0.3 is 0 Å². The molecule has 0 aromatic heterocycles. The van der Waals surface area contributed by atoms with Crippen molar-refractivity contribution in [2.45, 2.75) is 38.8 Å². The molecule has 1 saturated heterocycles. The Balaban J connectivity index is 2.05. The lowest BCUT2D eigenvalue weighted by Gasteiger charge is -2.31. The number of nitrogens with zero attached hydrogens (tertiary/aromatic N) is 1. The minimum atomic E-state index is 0.399. The maximum Gasteiger partial charge on any atom is 0.0239 e. The molecule has 1 aliphatic rings. The number of hydrogen-bond donors (Lipinski definition) is 0. The summed E-state index contributed by atoms with van der Waals surface area (Å²) in [5, 5.41) is 0. The Hall–Kier alpha value is -0.820. The zero-order valence-electron chi connectivity index (χ0n) is 9.16. The standard InChI is InChI=1S/C13H19N/c1-13(2)9-6-10-14(13)11-12-7-4-3-5-8-12/h3-5,7-8H,6,9-11H2,1-2H3. The Morgan fingerprint density at radius 1 is 1.21 bits per heavy atom. The smallest absolute Gasteiger partial charge is 0.0239 e. The second-order valence-corrected chi connectivity index (χ2v) is 4.82. The highest BCUT2D eigenvalue weighted by atomic mass is 15.2. The van der Waals surface area contributed by atoms with Crippen LogP contribution >= 0.6 is 0 Å². The first kappa shape index (κ1) is 9.72. The van der Waals surface area contributed by atoms with Crippen molar-refractivity contribution in [3.63, 3.8) is 0 Å². The van der Waals surface area contributed by atoms with E-state index >= 15 is 0 Å². The molecule has 1 aromatic rings.